The summed E-state index contributed by atoms with van der Waals surface area (Å²) in [5.74, 6) is 0.514. The monoisotopic (exact) mass is 511 g/mol. The Morgan fingerprint density at radius 2 is 1.92 bits per heavy atom. The SMILES string of the molecule is CC(C)(C)OC(=O)N1CCC(c2nc(C3=CC(c4ccccc4C(=O)OCC4CC4)ON3)cs2)CC1. The quantitative estimate of drug-likeness (QED) is 0.517. The van der Waals surface area contributed by atoms with E-state index < -0.39 is 11.7 Å². The predicted octanol–water partition coefficient (Wildman–Crippen LogP) is 5.44. The Balaban J connectivity index is 1.21. The molecule has 1 amide bonds. The summed E-state index contributed by atoms with van der Waals surface area (Å²) < 4.78 is 11.0. The van der Waals surface area contributed by atoms with E-state index in [1.54, 1.807) is 22.3 Å². The standard InChI is InChI=1S/C27H33N3O5S/c1-27(2,3)34-26(32)30-12-10-18(11-13-30)24-28-22(16-36-24)21-14-23(35-29-21)19-6-4-5-7-20(19)25(31)33-15-17-8-9-17/h4-7,14,16-18,23,29H,8-13,15H2,1-3H3. The van der Waals surface area contributed by atoms with Crippen LogP contribution >= 0.6 is 11.3 Å². The van der Waals surface area contributed by atoms with Crippen LogP contribution in [0.4, 0.5) is 4.79 Å². The van der Waals surface area contributed by atoms with Gasteiger partial charge in [-0.1, -0.05) is 18.2 Å². The molecule has 1 aromatic heterocycles. The van der Waals surface area contributed by atoms with Gasteiger partial charge in [-0.3, -0.25) is 10.3 Å². The van der Waals surface area contributed by atoms with Gasteiger partial charge >= 0.3 is 12.1 Å². The topological polar surface area (TPSA) is 90.0 Å². The molecule has 1 saturated carbocycles. The van der Waals surface area contributed by atoms with E-state index >= 15 is 0 Å². The third kappa shape index (κ3) is 5.90. The highest BCUT2D eigenvalue weighted by atomic mass is 32.1. The molecule has 36 heavy (non-hydrogen) atoms. The van der Waals surface area contributed by atoms with Crippen molar-refractivity contribution in [1.82, 2.24) is 15.4 Å². The first-order valence-corrected chi connectivity index (χ1v) is 13.5. The predicted molar refractivity (Wildman–Crippen MR) is 136 cm³/mol. The molecule has 1 atom stereocenters. The number of nitrogens with zero attached hydrogens (tertiary/aromatic N) is 2. The molecule has 192 valence electrons. The van der Waals surface area contributed by atoms with E-state index in [0.717, 1.165) is 47.6 Å². The molecular weight excluding hydrogens is 478 g/mol. The molecule has 0 bridgehead atoms. The van der Waals surface area contributed by atoms with Crippen molar-refractivity contribution in [2.45, 2.75) is 64.1 Å². The van der Waals surface area contributed by atoms with E-state index in [4.69, 9.17) is 19.3 Å². The van der Waals surface area contributed by atoms with E-state index in [9.17, 15) is 9.59 Å². The first-order valence-electron chi connectivity index (χ1n) is 12.6. The third-order valence-electron chi connectivity index (χ3n) is 6.54. The smallest absolute Gasteiger partial charge is 0.410 e. The number of hydroxylamine groups is 1. The van der Waals surface area contributed by atoms with Crippen molar-refractivity contribution in [3.63, 3.8) is 0 Å². The van der Waals surface area contributed by atoms with Crippen LogP contribution in [0.3, 0.4) is 0 Å². The fourth-order valence-corrected chi connectivity index (χ4v) is 5.35. The number of esters is 1. The lowest BCUT2D eigenvalue weighted by molar-refractivity contribution is 0.0204. The van der Waals surface area contributed by atoms with Crippen LogP contribution in [0.2, 0.25) is 0 Å². The maximum atomic E-state index is 12.7. The van der Waals surface area contributed by atoms with Gasteiger partial charge in [-0.05, 0) is 64.5 Å². The van der Waals surface area contributed by atoms with Crippen molar-refractivity contribution in [2.24, 2.45) is 5.92 Å². The number of carbonyl (C=O) groups is 2. The van der Waals surface area contributed by atoms with Crippen LogP contribution < -0.4 is 5.48 Å². The molecule has 0 radical (unpaired) electrons. The lowest BCUT2D eigenvalue weighted by atomic mass is 9.98. The molecule has 3 aliphatic rings. The highest BCUT2D eigenvalue weighted by Crippen LogP contribution is 2.35. The van der Waals surface area contributed by atoms with Gasteiger partial charge in [-0.15, -0.1) is 11.3 Å². The summed E-state index contributed by atoms with van der Waals surface area (Å²) in [5.41, 5.74) is 5.41. The number of piperidine rings is 1. The minimum Gasteiger partial charge on any atom is -0.462 e. The van der Waals surface area contributed by atoms with E-state index in [1.165, 1.54) is 0 Å². The average molecular weight is 512 g/mol. The fourth-order valence-electron chi connectivity index (χ4n) is 4.36. The molecule has 2 fully saturated rings. The fraction of sp³-hybridized carbons (Fsp3) is 0.519. The average Bonchev–Trinajstić information content (AvgIpc) is 3.34. The van der Waals surface area contributed by atoms with Gasteiger partial charge in [0.2, 0.25) is 0 Å². The van der Waals surface area contributed by atoms with Crippen LogP contribution in [-0.2, 0) is 14.3 Å². The number of amides is 1. The zero-order chi connectivity index (χ0) is 25.3. The number of likely N-dealkylation sites (tertiary alicyclic amines) is 1. The summed E-state index contributed by atoms with van der Waals surface area (Å²) in [7, 11) is 0. The van der Waals surface area contributed by atoms with Crippen molar-refractivity contribution in [2.75, 3.05) is 19.7 Å². The molecule has 1 aromatic carbocycles. The van der Waals surface area contributed by atoms with Gasteiger partial charge in [0.1, 0.15) is 11.7 Å². The Labute approximate surface area is 215 Å². The van der Waals surface area contributed by atoms with Crippen molar-refractivity contribution < 1.29 is 23.9 Å². The highest BCUT2D eigenvalue weighted by Gasteiger charge is 2.30. The van der Waals surface area contributed by atoms with E-state index in [-0.39, 0.29) is 12.1 Å². The molecule has 1 N–H and O–H groups in total. The second kappa shape index (κ2) is 10.2. The Morgan fingerprint density at radius 1 is 1.17 bits per heavy atom. The number of benzene rings is 1. The van der Waals surface area contributed by atoms with Crippen LogP contribution in [0.1, 0.15) is 85.1 Å². The second-order valence-corrected chi connectivity index (χ2v) is 11.6. The van der Waals surface area contributed by atoms with Crippen LogP contribution in [0.5, 0.6) is 0 Å². The lowest BCUT2D eigenvalue weighted by Gasteiger charge is -2.32. The summed E-state index contributed by atoms with van der Waals surface area (Å²) in [6, 6.07) is 7.41. The Kier molecular flexibility index (Phi) is 7.03. The Morgan fingerprint density at radius 3 is 2.64 bits per heavy atom. The number of nitrogens with one attached hydrogen (secondary N) is 1. The number of ether oxygens (including phenoxy) is 2. The minimum atomic E-state index is -0.489. The van der Waals surface area contributed by atoms with E-state index in [2.05, 4.69) is 5.48 Å². The zero-order valence-corrected chi connectivity index (χ0v) is 21.8. The first kappa shape index (κ1) is 24.8. The largest absolute Gasteiger partial charge is 0.462 e. The highest BCUT2D eigenvalue weighted by molar-refractivity contribution is 7.09. The summed E-state index contributed by atoms with van der Waals surface area (Å²) in [5, 5.41) is 3.08. The Bertz CT molecular complexity index is 1140. The van der Waals surface area contributed by atoms with E-state index in [1.807, 2.05) is 50.4 Å². The molecule has 3 heterocycles. The lowest BCUT2D eigenvalue weighted by Crippen LogP contribution is -2.41. The molecule has 1 saturated heterocycles. The maximum absolute atomic E-state index is 12.7. The number of thiazole rings is 1. The van der Waals surface area contributed by atoms with Crippen LogP contribution in [0.25, 0.3) is 5.70 Å². The van der Waals surface area contributed by atoms with Gasteiger partial charge in [-0.2, -0.15) is 0 Å². The summed E-state index contributed by atoms with van der Waals surface area (Å²) in [6.07, 6.45) is 5.27. The maximum Gasteiger partial charge on any atom is 0.410 e. The summed E-state index contributed by atoms with van der Waals surface area (Å²) in [6.45, 7) is 7.45. The molecule has 0 spiro atoms. The summed E-state index contributed by atoms with van der Waals surface area (Å²) >= 11 is 1.63. The number of rotatable bonds is 6. The van der Waals surface area contributed by atoms with Gasteiger partial charge in [-0.25, -0.2) is 14.6 Å². The van der Waals surface area contributed by atoms with E-state index in [0.29, 0.717) is 37.1 Å². The van der Waals surface area contributed by atoms with Gasteiger partial charge in [0, 0.05) is 30.0 Å². The molecule has 9 heteroatoms. The molecule has 1 unspecified atom stereocenters. The Hall–Kier alpha value is -2.91. The number of hydrogen-bond donors (Lipinski definition) is 1. The molecule has 2 aromatic rings. The van der Waals surface area contributed by atoms with Crippen molar-refractivity contribution in [3.05, 3.63) is 57.6 Å². The number of aromatic nitrogens is 1. The first-order chi connectivity index (χ1) is 17.3. The van der Waals surface area contributed by atoms with Crippen LogP contribution in [0, 0.1) is 5.92 Å². The molecule has 2 aliphatic heterocycles. The molecule has 5 rings (SSSR count). The molecule has 8 nitrogen and oxygen atoms in total. The van der Waals surface area contributed by atoms with Gasteiger partial charge in [0.05, 0.1) is 28.6 Å². The summed E-state index contributed by atoms with van der Waals surface area (Å²) in [4.78, 5) is 37.5. The zero-order valence-electron chi connectivity index (χ0n) is 21.0. The van der Waals surface area contributed by atoms with Crippen molar-refractivity contribution >= 4 is 29.1 Å². The minimum absolute atomic E-state index is 0.249. The van der Waals surface area contributed by atoms with Crippen LogP contribution in [0.15, 0.2) is 35.7 Å². The second-order valence-electron chi connectivity index (χ2n) is 10.7. The van der Waals surface area contributed by atoms with Crippen LogP contribution in [-0.4, -0.2) is 47.2 Å². The third-order valence-corrected chi connectivity index (χ3v) is 7.55. The molecule has 1 aliphatic carbocycles. The van der Waals surface area contributed by atoms with Gasteiger partial charge < -0.3 is 14.4 Å². The van der Waals surface area contributed by atoms with Gasteiger partial charge in [0.15, 0.2) is 0 Å². The van der Waals surface area contributed by atoms with Gasteiger partial charge in [0.25, 0.3) is 0 Å². The number of hydrogen-bond acceptors (Lipinski definition) is 8. The normalized spacial score (nSPS) is 20.6. The van der Waals surface area contributed by atoms with Crippen molar-refractivity contribution in [3.8, 4) is 0 Å². The number of carbonyl (C=O) groups excluding carboxylic acids is 2. The molecular formula is C27H33N3O5S. The van der Waals surface area contributed by atoms with Crippen molar-refractivity contribution in [1.29, 1.82) is 0 Å².